The highest BCUT2D eigenvalue weighted by Crippen LogP contribution is 2.28. The summed E-state index contributed by atoms with van der Waals surface area (Å²) in [6.45, 7) is 6.04. The molecule has 6 nitrogen and oxygen atoms in total. The Bertz CT molecular complexity index is 615. The second kappa shape index (κ2) is 8.72. The minimum absolute atomic E-state index is 0. The van der Waals surface area contributed by atoms with E-state index in [4.69, 9.17) is 4.74 Å². The number of aromatic amines is 1. The normalized spacial score (nSPS) is 26.5. The standard InChI is InChI=1S/C19H30N4O2.ClH/c1-2-4-13-11-23(14-7-9-25-10-8-14)12-17(13)20-19(24)18-15-5-3-6-16(15)21-22-18;/h13-14,17H,2-12H2,1H3,(H,20,24)(H,21,22);1H/t13-,17-;/m0./s1. The Balaban J connectivity index is 0.00000196. The van der Waals surface area contributed by atoms with E-state index in [-0.39, 0.29) is 24.4 Å². The molecular formula is C19H31ClN4O2. The maximum absolute atomic E-state index is 12.8. The first-order valence-electron chi connectivity index (χ1n) is 9.95. The number of ether oxygens (including phenoxy) is 1. The molecule has 0 radical (unpaired) electrons. The van der Waals surface area contributed by atoms with E-state index in [1.54, 1.807) is 0 Å². The van der Waals surface area contributed by atoms with Gasteiger partial charge in [0, 0.05) is 49.6 Å². The van der Waals surface area contributed by atoms with E-state index < -0.39 is 0 Å². The van der Waals surface area contributed by atoms with Crippen LogP contribution in [0.4, 0.5) is 0 Å². The first-order valence-corrected chi connectivity index (χ1v) is 9.95. The van der Waals surface area contributed by atoms with Crippen molar-refractivity contribution in [3.8, 4) is 0 Å². The fourth-order valence-corrected chi connectivity index (χ4v) is 4.82. The third-order valence-electron chi connectivity index (χ3n) is 6.17. The van der Waals surface area contributed by atoms with Gasteiger partial charge in [-0.05, 0) is 44.4 Å². The van der Waals surface area contributed by atoms with E-state index >= 15 is 0 Å². The minimum Gasteiger partial charge on any atom is -0.381 e. The number of nitrogens with zero attached hydrogens (tertiary/aromatic N) is 2. The Hall–Kier alpha value is -1.11. The van der Waals surface area contributed by atoms with Gasteiger partial charge in [-0.2, -0.15) is 5.10 Å². The maximum atomic E-state index is 12.8. The van der Waals surface area contributed by atoms with Crippen LogP contribution in [0.25, 0.3) is 0 Å². The summed E-state index contributed by atoms with van der Waals surface area (Å²) in [5.74, 6) is 0.558. The van der Waals surface area contributed by atoms with Gasteiger partial charge in [-0.15, -0.1) is 12.4 Å². The van der Waals surface area contributed by atoms with Crippen LogP contribution in [0.1, 0.15) is 60.8 Å². The maximum Gasteiger partial charge on any atom is 0.272 e. The quantitative estimate of drug-likeness (QED) is 0.820. The van der Waals surface area contributed by atoms with Crippen LogP contribution in [-0.4, -0.2) is 59.4 Å². The number of aromatic nitrogens is 2. The van der Waals surface area contributed by atoms with Gasteiger partial charge in [-0.3, -0.25) is 14.8 Å². The minimum atomic E-state index is 0. The fraction of sp³-hybridized carbons (Fsp3) is 0.789. The van der Waals surface area contributed by atoms with E-state index in [9.17, 15) is 4.79 Å². The van der Waals surface area contributed by atoms with Gasteiger partial charge in [0.1, 0.15) is 0 Å². The number of hydrogen-bond donors (Lipinski definition) is 2. The number of amides is 1. The molecule has 7 heteroatoms. The first kappa shape index (κ1) is 19.6. The van der Waals surface area contributed by atoms with Gasteiger partial charge < -0.3 is 10.1 Å². The van der Waals surface area contributed by atoms with Crippen molar-refractivity contribution in [3.05, 3.63) is 17.0 Å². The number of hydrogen-bond acceptors (Lipinski definition) is 4. The summed E-state index contributed by atoms with van der Waals surface area (Å²) in [4.78, 5) is 15.4. The Morgan fingerprint density at radius 1 is 1.31 bits per heavy atom. The number of fused-ring (bicyclic) bond motifs is 1. The van der Waals surface area contributed by atoms with E-state index in [0.29, 0.717) is 17.7 Å². The molecule has 3 aliphatic rings. The molecule has 2 N–H and O–H groups in total. The predicted octanol–water partition coefficient (Wildman–Crippen LogP) is 2.33. The molecule has 0 unspecified atom stereocenters. The van der Waals surface area contributed by atoms with Crippen LogP contribution in [0.2, 0.25) is 0 Å². The molecule has 0 aromatic carbocycles. The lowest BCUT2D eigenvalue weighted by Crippen LogP contribution is -2.43. The average molecular weight is 383 g/mol. The molecule has 2 atom stereocenters. The van der Waals surface area contributed by atoms with Gasteiger partial charge in [0.15, 0.2) is 5.69 Å². The van der Waals surface area contributed by atoms with Crippen LogP contribution in [0.5, 0.6) is 0 Å². The van der Waals surface area contributed by atoms with E-state index in [2.05, 4.69) is 27.3 Å². The van der Waals surface area contributed by atoms with Crippen LogP contribution in [0.15, 0.2) is 0 Å². The van der Waals surface area contributed by atoms with Gasteiger partial charge in [-0.1, -0.05) is 13.3 Å². The molecular weight excluding hydrogens is 352 g/mol. The lowest BCUT2D eigenvalue weighted by molar-refractivity contribution is 0.0405. The van der Waals surface area contributed by atoms with E-state index in [0.717, 1.165) is 76.1 Å². The van der Waals surface area contributed by atoms with Crippen molar-refractivity contribution < 1.29 is 9.53 Å². The number of H-pyrrole nitrogens is 1. The zero-order chi connectivity index (χ0) is 17.2. The molecule has 1 aromatic heterocycles. The third-order valence-corrected chi connectivity index (χ3v) is 6.17. The zero-order valence-corrected chi connectivity index (χ0v) is 16.4. The summed E-state index contributed by atoms with van der Waals surface area (Å²) in [6, 6.07) is 0.855. The summed E-state index contributed by atoms with van der Waals surface area (Å²) in [6.07, 6.45) is 7.70. The predicted molar refractivity (Wildman–Crippen MR) is 103 cm³/mol. The fourth-order valence-electron chi connectivity index (χ4n) is 4.82. The molecule has 1 amide bonds. The monoisotopic (exact) mass is 382 g/mol. The highest BCUT2D eigenvalue weighted by molar-refractivity contribution is 5.94. The molecule has 0 bridgehead atoms. The number of rotatable bonds is 5. The van der Waals surface area contributed by atoms with E-state index in [1.165, 1.54) is 6.42 Å². The van der Waals surface area contributed by atoms with Crippen LogP contribution in [0, 0.1) is 5.92 Å². The topological polar surface area (TPSA) is 70.2 Å². The Morgan fingerprint density at radius 3 is 2.88 bits per heavy atom. The van der Waals surface area contributed by atoms with Gasteiger partial charge in [0.25, 0.3) is 5.91 Å². The second-order valence-corrected chi connectivity index (χ2v) is 7.81. The average Bonchev–Trinajstić information content (AvgIpc) is 3.32. The highest BCUT2D eigenvalue weighted by Gasteiger charge is 2.37. The largest absolute Gasteiger partial charge is 0.381 e. The summed E-state index contributed by atoms with van der Waals surface area (Å²) in [5.41, 5.74) is 2.93. The number of likely N-dealkylation sites (tertiary alicyclic amines) is 1. The molecule has 1 aliphatic carbocycles. The van der Waals surface area contributed by atoms with Crippen molar-refractivity contribution in [2.24, 2.45) is 5.92 Å². The van der Waals surface area contributed by atoms with Crippen molar-refractivity contribution in [2.75, 3.05) is 26.3 Å². The number of nitrogens with one attached hydrogen (secondary N) is 2. The molecule has 3 heterocycles. The second-order valence-electron chi connectivity index (χ2n) is 7.81. The van der Waals surface area contributed by atoms with Gasteiger partial charge in [-0.25, -0.2) is 0 Å². The number of carbonyl (C=O) groups is 1. The zero-order valence-electron chi connectivity index (χ0n) is 15.6. The Morgan fingerprint density at radius 2 is 2.12 bits per heavy atom. The van der Waals surface area contributed by atoms with E-state index in [1.807, 2.05) is 0 Å². The molecule has 0 spiro atoms. The van der Waals surface area contributed by atoms with Gasteiger partial charge in [0.2, 0.25) is 0 Å². The van der Waals surface area contributed by atoms with Crippen molar-refractivity contribution in [1.29, 1.82) is 0 Å². The SMILES string of the molecule is CCC[C@H]1CN(C2CCOCC2)C[C@@H]1NC(=O)c1n[nH]c2c1CCC2.Cl. The summed E-state index contributed by atoms with van der Waals surface area (Å²) in [5, 5.41) is 10.7. The van der Waals surface area contributed by atoms with Gasteiger partial charge >= 0.3 is 0 Å². The molecule has 2 aliphatic heterocycles. The highest BCUT2D eigenvalue weighted by atomic mass is 35.5. The molecule has 146 valence electrons. The molecule has 26 heavy (non-hydrogen) atoms. The summed E-state index contributed by atoms with van der Waals surface area (Å²) in [7, 11) is 0. The van der Waals surface area contributed by atoms with Crippen molar-refractivity contribution in [3.63, 3.8) is 0 Å². The Kier molecular flexibility index (Phi) is 6.59. The van der Waals surface area contributed by atoms with Crippen molar-refractivity contribution in [2.45, 2.75) is 64.0 Å². The van der Waals surface area contributed by atoms with Crippen LogP contribution in [0.3, 0.4) is 0 Å². The Labute approximate surface area is 161 Å². The number of halogens is 1. The lowest BCUT2D eigenvalue weighted by Gasteiger charge is -2.31. The molecule has 4 rings (SSSR count). The molecule has 1 aromatic rings. The lowest BCUT2D eigenvalue weighted by atomic mass is 9.98. The van der Waals surface area contributed by atoms with Crippen LogP contribution < -0.4 is 5.32 Å². The van der Waals surface area contributed by atoms with Crippen molar-refractivity contribution in [1.82, 2.24) is 20.4 Å². The summed E-state index contributed by atoms with van der Waals surface area (Å²) < 4.78 is 5.51. The molecule has 2 saturated heterocycles. The van der Waals surface area contributed by atoms with Gasteiger partial charge in [0.05, 0.1) is 0 Å². The third kappa shape index (κ3) is 3.92. The molecule has 2 fully saturated rings. The molecule has 0 saturated carbocycles. The number of aryl methyl sites for hydroxylation is 1. The van der Waals surface area contributed by atoms with Crippen LogP contribution >= 0.6 is 12.4 Å². The number of carbonyl (C=O) groups excluding carboxylic acids is 1. The van der Waals surface area contributed by atoms with Crippen molar-refractivity contribution >= 4 is 18.3 Å². The first-order chi connectivity index (χ1) is 12.3. The smallest absolute Gasteiger partial charge is 0.272 e. The summed E-state index contributed by atoms with van der Waals surface area (Å²) >= 11 is 0. The van der Waals surface area contributed by atoms with Crippen LogP contribution in [-0.2, 0) is 17.6 Å².